The number of benzene rings is 1. The van der Waals surface area contributed by atoms with Gasteiger partial charge in [0.05, 0.1) is 12.7 Å². The first-order valence-corrected chi connectivity index (χ1v) is 4.15. The van der Waals surface area contributed by atoms with Crippen molar-refractivity contribution in [2.24, 2.45) is 0 Å². The molecule has 0 amide bonds. The fourth-order valence-electron chi connectivity index (χ4n) is 1.11. The molecule has 0 unspecified atom stereocenters. The second kappa shape index (κ2) is 5.50. The summed E-state index contributed by atoms with van der Waals surface area (Å²) in [4.78, 5) is 11.2. The molecule has 1 aromatic rings. The molecule has 4 heteroatoms. The Kier molecular flexibility index (Phi) is 5.02. The van der Waals surface area contributed by atoms with Crippen molar-refractivity contribution in [3.05, 3.63) is 29.3 Å². The first-order valence-electron chi connectivity index (χ1n) is 4.15. The average molecular weight is 216 g/mol. The van der Waals surface area contributed by atoms with Crippen LogP contribution in [0.5, 0.6) is 0 Å². The molecule has 0 saturated carbocycles. The van der Waals surface area contributed by atoms with E-state index in [9.17, 15) is 4.79 Å². The molecule has 0 saturated heterocycles. The third-order valence-electron chi connectivity index (χ3n) is 1.93. The molecule has 0 fully saturated rings. The number of nitrogens with two attached hydrogens (primary N) is 1. The molecule has 0 aliphatic heterocycles. The Labute approximate surface area is 89.7 Å². The summed E-state index contributed by atoms with van der Waals surface area (Å²) in [5.74, 6) is -0.382. The molecule has 0 bridgehead atoms. The van der Waals surface area contributed by atoms with Gasteiger partial charge in [0.15, 0.2) is 0 Å². The minimum atomic E-state index is -0.382. The summed E-state index contributed by atoms with van der Waals surface area (Å²) in [6.07, 6.45) is 0.879. The highest BCUT2D eigenvalue weighted by molar-refractivity contribution is 5.95. The number of hydrogen-bond acceptors (Lipinski definition) is 3. The van der Waals surface area contributed by atoms with E-state index in [4.69, 9.17) is 5.73 Å². The van der Waals surface area contributed by atoms with Gasteiger partial charge in [-0.3, -0.25) is 0 Å². The highest BCUT2D eigenvalue weighted by Gasteiger charge is 2.09. The van der Waals surface area contributed by atoms with Gasteiger partial charge in [0.1, 0.15) is 0 Å². The fraction of sp³-hybridized carbons (Fsp3) is 0.300. The summed E-state index contributed by atoms with van der Waals surface area (Å²) in [6.45, 7) is 2.02. The van der Waals surface area contributed by atoms with E-state index in [1.54, 1.807) is 12.1 Å². The van der Waals surface area contributed by atoms with Gasteiger partial charge in [-0.2, -0.15) is 0 Å². The Bertz CT molecular complexity index is 326. The number of carbonyl (C=O) groups excluding carboxylic acids is 1. The standard InChI is InChI=1S/C10H13NO2.ClH/c1-3-7-4-5-9(11)8(6-7)10(12)13-2;/h4-6H,3,11H2,1-2H3;1H. The first kappa shape index (κ1) is 12.8. The number of nitrogen functional groups attached to an aromatic ring is 1. The van der Waals surface area contributed by atoms with Gasteiger partial charge in [-0.25, -0.2) is 4.79 Å². The molecule has 0 aliphatic carbocycles. The lowest BCUT2D eigenvalue weighted by atomic mass is 10.1. The van der Waals surface area contributed by atoms with Crippen LogP contribution in [-0.2, 0) is 11.2 Å². The van der Waals surface area contributed by atoms with Crippen molar-refractivity contribution < 1.29 is 9.53 Å². The summed E-state index contributed by atoms with van der Waals surface area (Å²) < 4.78 is 4.60. The molecule has 0 aromatic heterocycles. The van der Waals surface area contributed by atoms with Crippen LogP contribution in [0.2, 0.25) is 0 Å². The number of carbonyl (C=O) groups is 1. The van der Waals surface area contributed by atoms with E-state index in [-0.39, 0.29) is 18.4 Å². The van der Waals surface area contributed by atoms with Crippen molar-refractivity contribution in [3.8, 4) is 0 Å². The molecule has 0 heterocycles. The van der Waals surface area contributed by atoms with Gasteiger partial charge in [-0.1, -0.05) is 13.0 Å². The third-order valence-corrected chi connectivity index (χ3v) is 1.93. The molecule has 0 radical (unpaired) electrons. The number of methoxy groups -OCH3 is 1. The maximum Gasteiger partial charge on any atom is 0.339 e. The number of hydrogen-bond donors (Lipinski definition) is 1. The van der Waals surface area contributed by atoms with Crippen molar-refractivity contribution in [3.63, 3.8) is 0 Å². The smallest absolute Gasteiger partial charge is 0.339 e. The van der Waals surface area contributed by atoms with Crippen molar-refractivity contribution in [2.75, 3.05) is 12.8 Å². The quantitative estimate of drug-likeness (QED) is 0.607. The largest absolute Gasteiger partial charge is 0.465 e. The molecule has 0 spiro atoms. The summed E-state index contributed by atoms with van der Waals surface area (Å²) in [7, 11) is 1.35. The molecule has 14 heavy (non-hydrogen) atoms. The van der Waals surface area contributed by atoms with Crippen LogP contribution < -0.4 is 5.73 Å². The first-order chi connectivity index (χ1) is 6.19. The summed E-state index contributed by atoms with van der Waals surface area (Å²) in [6, 6.07) is 5.40. The maximum absolute atomic E-state index is 11.2. The fourth-order valence-corrected chi connectivity index (χ4v) is 1.11. The lowest BCUT2D eigenvalue weighted by Crippen LogP contribution is -2.06. The molecule has 1 rings (SSSR count). The molecular weight excluding hydrogens is 202 g/mol. The van der Waals surface area contributed by atoms with E-state index in [1.807, 2.05) is 13.0 Å². The van der Waals surface area contributed by atoms with E-state index >= 15 is 0 Å². The van der Waals surface area contributed by atoms with Crippen LogP contribution in [0.4, 0.5) is 5.69 Å². The molecular formula is C10H14ClNO2. The SMILES string of the molecule is CCc1ccc(N)c(C(=O)OC)c1.Cl. The van der Waals surface area contributed by atoms with Crippen molar-refractivity contribution in [1.29, 1.82) is 0 Å². The Morgan fingerprint density at radius 2 is 2.14 bits per heavy atom. The summed E-state index contributed by atoms with van der Waals surface area (Å²) in [5.41, 5.74) is 7.61. The summed E-state index contributed by atoms with van der Waals surface area (Å²) in [5, 5.41) is 0. The van der Waals surface area contributed by atoms with Gasteiger partial charge in [0, 0.05) is 5.69 Å². The zero-order chi connectivity index (χ0) is 9.84. The van der Waals surface area contributed by atoms with E-state index in [0.717, 1.165) is 12.0 Å². The molecule has 78 valence electrons. The molecule has 3 nitrogen and oxygen atoms in total. The van der Waals surface area contributed by atoms with E-state index in [1.165, 1.54) is 7.11 Å². The Hall–Kier alpha value is -1.22. The van der Waals surface area contributed by atoms with Gasteiger partial charge in [0.25, 0.3) is 0 Å². The molecule has 0 aliphatic rings. The summed E-state index contributed by atoms with van der Waals surface area (Å²) >= 11 is 0. The molecule has 0 atom stereocenters. The zero-order valence-corrected chi connectivity index (χ0v) is 9.06. The van der Waals surface area contributed by atoms with Crippen LogP contribution in [0.3, 0.4) is 0 Å². The monoisotopic (exact) mass is 215 g/mol. The maximum atomic E-state index is 11.2. The number of esters is 1. The third kappa shape index (κ3) is 2.64. The number of aryl methyl sites for hydroxylation is 1. The Morgan fingerprint density at radius 3 is 2.64 bits per heavy atom. The van der Waals surface area contributed by atoms with Crippen LogP contribution >= 0.6 is 12.4 Å². The minimum Gasteiger partial charge on any atom is -0.465 e. The van der Waals surface area contributed by atoms with Crippen molar-refractivity contribution >= 4 is 24.1 Å². The molecule has 2 N–H and O–H groups in total. The van der Waals surface area contributed by atoms with Crippen molar-refractivity contribution in [2.45, 2.75) is 13.3 Å². The van der Waals surface area contributed by atoms with Gasteiger partial charge in [-0.15, -0.1) is 12.4 Å². The minimum absolute atomic E-state index is 0. The van der Waals surface area contributed by atoms with E-state index in [0.29, 0.717) is 11.3 Å². The normalized spacial score (nSPS) is 9.00. The number of ether oxygens (including phenoxy) is 1. The van der Waals surface area contributed by atoms with Crippen LogP contribution in [0.25, 0.3) is 0 Å². The van der Waals surface area contributed by atoms with Crippen LogP contribution in [0.15, 0.2) is 18.2 Å². The number of halogens is 1. The van der Waals surface area contributed by atoms with Crippen LogP contribution in [0.1, 0.15) is 22.8 Å². The van der Waals surface area contributed by atoms with Gasteiger partial charge in [0.2, 0.25) is 0 Å². The highest BCUT2D eigenvalue weighted by atomic mass is 35.5. The topological polar surface area (TPSA) is 52.3 Å². The molecule has 1 aromatic carbocycles. The van der Waals surface area contributed by atoms with Gasteiger partial charge in [-0.05, 0) is 24.1 Å². The average Bonchev–Trinajstić information content (AvgIpc) is 2.17. The Morgan fingerprint density at radius 1 is 1.50 bits per heavy atom. The lowest BCUT2D eigenvalue weighted by Gasteiger charge is -2.05. The Balaban J connectivity index is 0.00000169. The predicted octanol–water partition coefficient (Wildman–Crippen LogP) is 2.04. The van der Waals surface area contributed by atoms with E-state index < -0.39 is 0 Å². The van der Waals surface area contributed by atoms with Gasteiger partial charge < -0.3 is 10.5 Å². The predicted molar refractivity (Wildman–Crippen MR) is 58.8 cm³/mol. The van der Waals surface area contributed by atoms with Crippen LogP contribution in [0, 0.1) is 0 Å². The second-order valence-corrected chi connectivity index (χ2v) is 2.77. The van der Waals surface area contributed by atoms with Crippen LogP contribution in [-0.4, -0.2) is 13.1 Å². The highest BCUT2D eigenvalue weighted by Crippen LogP contribution is 2.15. The zero-order valence-electron chi connectivity index (χ0n) is 8.24. The number of rotatable bonds is 2. The number of anilines is 1. The lowest BCUT2D eigenvalue weighted by molar-refractivity contribution is 0.0602. The van der Waals surface area contributed by atoms with Crippen molar-refractivity contribution in [1.82, 2.24) is 0 Å². The second-order valence-electron chi connectivity index (χ2n) is 2.77. The van der Waals surface area contributed by atoms with E-state index in [2.05, 4.69) is 4.74 Å². The van der Waals surface area contributed by atoms with Gasteiger partial charge >= 0.3 is 5.97 Å².